The van der Waals surface area contributed by atoms with Crippen LogP contribution >= 0.6 is 0 Å². The molecule has 0 aromatic heterocycles. The van der Waals surface area contributed by atoms with Crippen molar-refractivity contribution >= 4 is 21.6 Å². The minimum atomic E-state index is -3.81. The molecule has 1 amide bonds. The Morgan fingerprint density at radius 2 is 1.62 bits per heavy atom. The third kappa shape index (κ3) is 5.07. The monoisotopic (exact) mass is 412 g/mol. The fourth-order valence-corrected chi connectivity index (χ4v) is 3.78. The van der Waals surface area contributed by atoms with Gasteiger partial charge in [0.2, 0.25) is 10.0 Å². The Morgan fingerprint density at radius 1 is 0.931 bits per heavy atom. The van der Waals surface area contributed by atoms with Crippen LogP contribution in [0.5, 0.6) is 0 Å². The second kappa shape index (κ2) is 8.55. The molecule has 2 N–H and O–H groups in total. The van der Waals surface area contributed by atoms with Crippen molar-refractivity contribution in [3.05, 3.63) is 94.8 Å². The maximum Gasteiger partial charge on any atom is 0.255 e. The third-order valence-corrected chi connectivity index (χ3v) is 5.90. The van der Waals surface area contributed by atoms with Gasteiger partial charge in [-0.05, 0) is 54.8 Å². The third-order valence-electron chi connectivity index (χ3n) is 4.50. The number of hydrogen-bond acceptors (Lipinski definition) is 3. The van der Waals surface area contributed by atoms with Crippen LogP contribution in [0.4, 0.5) is 10.1 Å². The number of amides is 1. The SMILES string of the molecule is Cc1ccc(NC(=O)c2cc(S(=O)(=O)NCc3ccccc3)ccc2C)cc1F. The Hall–Kier alpha value is -3.03. The second-order valence-electron chi connectivity index (χ2n) is 6.70. The summed E-state index contributed by atoms with van der Waals surface area (Å²) in [5.41, 5.74) is 2.40. The zero-order chi connectivity index (χ0) is 21.0. The summed E-state index contributed by atoms with van der Waals surface area (Å²) >= 11 is 0. The number of halogens is 1. The van der Waals surface area contributed by atoms with E-state index in [9.17, 15) is 17.6 Å². The van der Waals surface area contributed by atoms with Crippen LogP contribution in [0.2, 0.25) is 0 Å². The van der Waals surface area contributed by atoms with Crippen molar-refractivity contribution in [2.24, 2.45) is 0 Å². The minimum Gasteiger partial charge on any atom is -0.322 e. The summed E-state index contributed by atoms with van der Waals surface area (Å²) in [6, 6.07) is 17.9. The van der Waals surface area contributed by atoms with Crippen LogP contribution in [-0.2, 0) is 16.6 Å². The fraction of sp³-hybridized carbons (Fsp3) is 0.136. The summed E-state index contributed by atoms with van der Waals surface area (Å²) in [6.07, 6.45) is 0. The lowest BCUT2D eigenvalue weighted by molar-refractivity contribution is 0.102. The van der Waals surface area contributed by atoms with E-state index in [1.807, 2.05) is 30.3 Å². The van der Waals surface area contributed by atoms with E-state index < -0.39 is 21.7 Å². The van der Waals surface area contributed by atoms with E-state index in [2.05, 4.69) is 10.0 Å². The van der Waals surface area contributed by atoms with E-state index in [1.54, 1.807) is 32.0 Å². The highest BCUT2D eigenvalue weighted by Crippen LogP contribution is 2.19. The van der Waals surface area contributed by atoms with Crippen LogP contribution in [0.25, 0.3) is 0 Å². The molecule has 0 spiro atoms. The molecule has 0 bridgehead atoms. The second-order valence-corrected chi connectivity index (χ2v) is 8.47. The Morgan fingerprint density at radius 3 is 2.31 bits per heavy atom. The molecule has 0 atom stereocenters. The van der Waals surface area contributed by atoms with Crippen molar-refractivity contribution in [2.75, 3.05) is 5.32 Å². The number of benzene rings is 3. The van der Waals surface area contributed by atoms with Gasteiger partial charge < -0.3 is 5.32 Å². The first-order chi connectivity index (χ1) is 13.8. The lowest BCUT2D eigenvalue weighted by Gasteiger charge is -2.12. The average Bonchev–Trinajstić information content (AvgIpc) is 2.70. The molecule has 0 saturated carbocycles. The van der Waals surface area contributed by atoms with Gasteiger partial charge in [-0.3, -0.25) is 4.79 Å². The Labute approximate surface area is 169 Å². The highest BCUT2D eigenvalue weighted by atomic mass is 32.2. The van der Waals surface area contributed by atoms with E-state index in [1.165, 1.54) is 18.2 Å². The fourth-order valence-electron chi connectivity index (χ4n) is 2.74. The maximum atomic E-state index is 13.7. The normalized spacial score (nSPS) is 11.3. The average molecular weight is 412 g/mol. The van der Waals surface area contributed by atoms with Crippen LogP contribution in [-0.4, -0.2) is 14.3 Å². The molecule has 0 fully saturated rings. The molecular weight excluding hydrogens is 391 g/mol. The molecule has 29 heavy (non-hydrogen) atoms. The summed E-state index contributed by atoms with van der Waals surface area (Å²) in [6.45, 7) is 3.47. The van der Waals surface area contributed by atoms with Gasteiger partial charge in [0, 0.05) is 17.8 Å². The molecule has 7 heteroatoms. The smallest absolute Gasteiger partial charge is 0.255 e. The summed E-state index contributed by atoms with van der Waals surface area (Å²) < 4.78 is 41.5. The van der Waals surface area contributed by atoms with Crippen LogP contribution < -0.4 is 10.0 Å². The van der Waals surface area contributed by atoms with Crippen molar-refractivity contribution in [2.45, 2.75) is 25.3 Å². The molecule has 0 aliphatic rings. The lowest BCUT2D eigenvalue weighted by atomic mass is 10.1. The lowest BCUT2D eigenvalue weighted by Crippen LogP contribution is -2.24. The van der Waals surface area contributed by atoms with Gasteiger partial charge in [-0.25, -0.2) is 17.5 Å². The van der Waals surface area contributed by atoms with E-state index in [4.69, 9.17) is 0 Å². The number of carbonyl (C=O) groups excluding carboxylic acids is 1. The van der Waals surface area contributed by atoms with Gasteiger partial charge in [-0.15, -0.1) is 0 Å². The first kappa shape index (κ1) is 20.7. The summed E-state index contributed by atoms with van der Waals surface area (Å²) in [7, 11) is -3.81. The van der Waals surface area contributed by atoms with Gasteiger partial charge in [-0.2, -0.15) is 0 Å². The Bertz CT molecular complexity index is 1150. The van der Waals surface area contributed by atoms with Crippen molar-refractivity contribution in [3.8, 4) is 0 Å². The van der Waals surface area contributed by atoms with Crippen LogP contribution in [0.15, 0.2) is 71.6 Å². The van der Waals surface area contributed by atoms with Gasteiger partial charge in [0.05, 0.1) is 4.90 Å². The largest absolute Gasteiger partial charge is 0.322 e. The number of sulfonamides is 1. The molecule has 0 heterocycles. The molecule has 3 rings (SSSR count). The highest BCUT2D eigenvalue weighted by molar-refractivity contribution is 7.89. The molecule has 0 radical (unpaired) electrons. The first-order valence-electron chi connectivity index (χ1n) is 8.98. The summed E-state index contributed by atoms with van der Waals surface area (Å²) in [4.78, 5) is 12.6. The predicted molar refractivity (Wildman–Crippen MR) is 111 cm³/mol. The summed E-state index contributed by atoms with van der Waals surface area (Å²) in [5.74, 6) is -0.938. The number of anilines is 1. The Balaban J connectivity index is 1.81. The summed E-state index contributed by atoms with van der Waals surface area (Å²) in [5, 5.41) is 2.61. The standard InChI is InChI=1S/C22H21FN2O3S/c1-15-9-11-19(29(27,28)24-14-17-6-4-3-5-7-17)13-20(15)22(26)25-18-10-8-16(2)21(23)12-18/h3-13,24H,14H2,1-2H3,(H,25,26). The molecule has 5 nitrogen and oxygen atoms in total. The van der Waals surface area contributed by atoms with Crippen molar-refractivity contribution in [3.63, 3.8) is 0 Å². The van der Waals surface area contributed by atoms with Gasteiger partial charge in [-0.1, -0.05) is 42.5 Å². The highest BCUT2D eigenvalue weighted by Gasteiger charge is 2.18. The van der Waals surface area contributed by atoms with Gasteiger partial charge >= 0.3 is 0 Å². The molecule has 150 valence electrons. The molecule has 3 aromatic rings. The first-order valence-corrected chi connectivity index (χ1v) is 10.5. The van der Waals surface area contributed by atoms with E-state index in [0.29, 0.717) is 16.8 Å². The van der Waals surface area contributed by atoms with E-state index in [-0.39, 0.29) is 17.0 Å². The number of hydrogen-bond donors (Lipinski definition) is 2. The molecule has 0 saturated heterocycles. The Kier molecular flexibility index (Phi) is 6.10. The van der Waals surface area contributed by atoms with Crippen molar-refractivity contribution < 1.29 is 17.6 Å². The molecule has 3 aromatic carbocycles. The quantitative estimate of drug-likeness (QED) is 0.638. The van der Waals surface area contributed by atoms with Crippen LogP contribution in [0, 0.1) is 19.7 Å². The van der Waals surface area contributed by atoms with Crippen molar-refractivity contribution in [1.82, 2.24) is 4.72 Å². The maximum absolute atomic E-state index is 13.7. The van der Waals surface area contributed by atoms with Crippen LogP contribution in [0.1, 0.15) is 27.0 Å². The molecule has 0 aliphatic heterocycles. The number of carbonyl (C=O) groups is 1. The van der Waals surface area contributed by atoms with Gasteiger partial charge in [0.15, 0.2) is 0 Å². The number of aryl methyl sites for hydroxylation is 2. The van der Waals surface area contributed by atoms with Gasteiger partial charge in [0.1, 0.15) is 5.82 Å². The zero-order valence-corrected chi connectivity index (χ0v) is 16.9. The number of rotatable bonds is 6. The molecule has 0 aliphatic carbocycles. The van der Waals surface area contributed by atoms with Crippen molar-refractivity contribution in [1.29, 1.82) is 0 Å². The van der Waals surface area contributed by atoms with E-state index >= 15 is 0 Å². The topological polar surface area (TPSA) is 75.3 Å². The van der Waals surface area contributed by atoms with E-state index in [0.717, 1.165) is 5.56 Å². The molecule has 0 unspecified atom stereocenters. The molecular formula is C22H21FN2O3S. The van der Waals surface area contributed by atoms with Gasteiger partial charge in [0.25, 0.3) is 5.91 Å². The predicted octanol–water partition coefficient (Wildman–Crippen LogP) is 4.17. The van der Waals surface area contributed by atoms with Crippen LogP contribution in [0.3, 0.4) is 0 Å². The minimum absolute atomic E-state index is 0.0146. The zero-order valence-electron chi connectivity index (χ0n) is 16.1. The number of nitrogens with one attached hydrogen (secondary N) is 2.